The molecule has 0 bridgehead atoms. The first kappa shape index (κ1) is 21.0. The number of rotatable bonds is 5. The molecule has 32 heavy (non-hydrogen) atoms. The van der Waals surface area contributed by atoms with Crippen molar-refractivity contribution in [2.45, 2.75) is 44.2 Å². The zero-order valence-corrected chi connectivity index (χ0v) is 17.8. The molecule has 5 rings (SSSR count). The van der Waals surface area contributed by atoms with E-state index in [2.05, 4.69) is 20.2 Å². The largest absolute Gasteiger partial charge is 0.378 e. The van der Waals surface area contributed by atoms with E-state index in [4.69, 9.17) is 15.5 Å². The number of aromatic nitrogens is 4. The Labute approximate surface area is 184 Å². The van der Waals surface area contributed by atoms with E-state index in [9.17, 15) is 8.78 Å². The topological polar surface area (TPSA) is 94.1 Å². The number of anilines is 2. The number of ether oxygens (including phenoxy) is 1. The van der Waals surface area contributed by atoms with Gasteiger partial charge >= 0.3 is 0 Å². The number of halogens is 2. The molecule has 2 aliphatic rings. The Morgan fingerprint density at radius 1 is 1.03 bits per heavy atom. The fourth-order valence-corrected chi connectivity index (χ4v) is 4.49. The number of imidazole rings is 1. The van der Waals surface area contributed by atoms with Gasteiger partial charge in [0, 0.05) is 31.2 Å². The van der Waals surface area contributed by atoms with Crippen molar-refractivity contribution in [3.63, 3.8) is 0 Å². The van der Waals surface area contributed by atoms with Crippen LogP contribution in [0.3, 0.4) is 0 Å². The minimum Gasteiger partial charge on any atom is -0.378 e. The Kier molecular flexibility index (Phi) is 5.88. The SMILES string of the molecule is N[C@H]1CCCC[C@@H]1Nc1nc(N2CCOCC2)cc(-n2c(C(F)F)nc3ccccc32)n1. The van der Waals surface area contributed by atoms with Gasteiger partial charge in [0.2, 0.25) is 5.95 Å². The molecule has 2 atom stereocenters. The highest BCUT2D eigenvalue weighted by molar-refractivity contribution is 5.78. The molecule has 170 valence electrons. The van der Waals surface area contributed by atoms with Gasteiger partial charge < -0.3 is 20.7 Å². The van der Waals surface area contributed by atoms with Crippen molar-refractivity contribution in [1.82, 2.24) is 19.5 Å². The van der Waals surface area contributed by atoms with Gasteiger partial charge in [0.1, 0.15) is 11.6 Å². The highest BCUT2D eigenvalue weighted by Crippen LogP contribution is 2.30. The van der Waals surface area contributed by atoms with E-state index < -0.39 is 6.43 Å². The van der Waals surface area contributed by atoms with Gasteiger partial charge in [-0.25, -0.2) is 13.8 Å². The third-order valence-electron chi connectivity index (χ3n) is 6.18. The zero-order chi connectivity index (χ0) is 22.1. The monoisotopic (exact) mass is 443 g/mol. The molecule has 3 aromatic rings. The Balaban J connectivity index is 1.61. The van der Waals surface area contributed by atoms with E-state index in [1.807, 2.05) is 0 Å². The zero-order valence-electron chi connectivity index (χ0n) is 17.8. The Hall–Kier alpha value is -2.85. The predicted octanol–water partition coefficient (Wildman–Crippen LogP) is 3.27. The van der Waals surface area contributed by atoms with Crippen LogP contribution in [0.2, 0.25) is 0 Å². The number of para-hydroxylation sites is 2. The maximum Gasteiger partial charge on any atom is 0.296 e. The van der Waals surface area contributed by atoms with Crippen LogP contribution in [0.5, 0.6) is 0 Å². The molecule has 2 aromatic heterocycles. The van der Waals surface area contributed by atoms with Crippen molar-refractivity contribution in [3.05, 3.63) is 36.2 Å². The molecule has 3 heterocycles. The van der Waals surface area contributed by atoms with Crippen molar-refractivity contribution in [1.29, 1.82) is 0 Å². The van der Waals surface area contributed by atoms with E-state index in [1.165, 1.54) is 4.57 Å². The molecule has 1 saturated carbocycles. The molecule has 1 aliphatic carbocycles. The third-order valence-corrected chi connectivity index (χ3v) is 6.18. The smallest absolute Gasteiger partial charge is 0.296 e. The van der Waals surface area contributed by atoms with Gasteiger partial charge in [-0.1, -0.05) is 25.0 Å². The standard InChI is InChI=1S/C22H27F2N7O/c23-20(24)21-26-16-7-3-4-8-17(16)31(21)19-13-18(30-9-11-32-12-10-30)28-22(29-19)27-15-6-2-1-5-14(15)25/h3-4,7-8,13-15,20H,1-2,5-6,9-12,25H2,(H,27,28,29)/t14-,15-/m0/s1. The van der Waals surface area contributed by atoms with E-state index in [1.54, 1.807) is 30.3 Å². The van der Waals surface area contributed by atoms with Crippen molar-refractivity contribution >= 4 is 22.8 Å². The number of nitrogens with one attached hydrogen (secondary N) is 1. The summed E-state index contributed by atoms with van der Waals surface area (Å²) < 4.78 is 34.8. The van der Waals surface area contributed by atoms with E-state index in [0.717, 1.165) is 25.7 Å². The molecule has 0 unspecified atom stereocenters. The molecule has 2 fully saturated rings. The summed E-state index contributed by atoms with van der Waals surface area (Å²) in [5.74, 6) is 1.09. The van der Waals surface area contributed by atoms with E-state index >= 15 is 0 Å². The number of nitrogens with zero attached hydrogens (tertiary/aromatic N) is 5. The molecule has 8 nitrogen and oxygen atoms in total. The molecule has 0 radical (unpaired) electrons. The third kappa shape index (κ3) is 4.12. The highest BCUT2D eigenvalue weighted by atomic mass is 19.3. The van der Waals surface area contributed by atoms with Crippen LogP contribution in [0.15, 0.2) is 30.3 Å². The van der Waals surface area contributed by atoms with E-state index in [-0.39, 0.29) is 17.9 Å². The number of benzene rings is 1. The summed E-state index contributed by atoms with van der Waals surface area (Å²) in [5, 5.41) is 3.38. The van der Waals surface area contributed by atoms with Crippen LogP contribution >= 0.6 is 0 Å². The fraction of sp³-hybridized carbons (Fsp3) is 0.500. The lowest BCUT2D eigenvalue weighted by Gasteiger charge is -2.31. The summed E-state index contributed by atoms with van der Waals surface area (Å²) in [7, 11) is 0. The second-order valence-corrected chi connectivity index (χ2v) is 8.30. The summed E-state index contributed by atoms with van der Waals surface area (Å²) in [6, 6.07) is 8.89. The fourth-order valence-electron chi connectivity index (χ4n) is 4.49. The van der Waals surface area contributed by atoms with Gasteiger partial charge in [-0.3, -0.25) is 4.57 Å². The number of fused-ring (bicyclic) bond motifs is 1. The lowest BCUT2D eigenvalue weighted by atomic mass is 9.91. The Morgan fingerprint density at radius 3 is 2.56 bits per heavy atom. The van der Waals surface area contributed by atoms with Crippen molar-refractivity contribution < 1.29 is 13.5 Å². The first-order chi connectivity index (χ1) is 15.6. The quantitative estimate of drug-likeness (QED) is 0.625. The highest BCUT2D eigenvalue weighted by Gasteiger charge is 2.26. The Bertz CT molecular complexity index is 1080. The average molecular weight is 444 g/mol. The number of nitrogens with two attached hydrogens (primary N) is 1. The minimum absolute atomic E-state index is 0.00791. The molecule has 1 aliphatic heterocycles. The summed E-state index contributed by atoms with van der Waals surface area (Å²) >= 11 is 0. The Morgan fingerprint density at radius 2 is 1.78 bits per heavy atom. The maximum atomic E-state index is 13.9. The first-order valence-electron chi connectivity index (χ1n) is 11.1. The molecule has 1 saturated heterocycles. The molecule has 10 heteroatoms. The van der Waals surface area contributed by atoms with Crippen LogP contribution in [-0.2, 0) is 4.74 Å². The molecule has 3 N–H and O–H groups in total. The van der Waals surface area contributed by atoms with Gasteiger partial charge in [-0.15, -0.1) is 0 Å². The van der Waals surface area contributed by atoms with Gasteiger partial charge in [0.15, 0.2) is 5.82 Å². The maximum absolute atomic E-state index is 13.9. The number of hydrogen-bond acceptors (Lipinski definition) is 7. The van der Waals surface area contributed by atoms with Crippen molar-refractivity contribution in [3.8, 4) is 5.82 Å². The van der Waals surface area contributed by atoms with Crippen LogP contribution in [0, 0.1) is 0 Å². The lowest BCUT2D eigenvalue weighted by molar-refractivity contribution is 0.122. The van der Waals surface area contributed by atoms with Gasteiger partial charge in [-0.05, 0) is 25.0 Å². The van der Waals surface area contributed by atoms with Gasteiger partial charge in [-0.2, -0.15) is 9.97 Å². The normalized spacial score (nSPS) is 21.9. The van der Waals surface area contributed by atoms with Crippen molar-refractivity contribution in [2.75, 3.05) is 36.5 Å². The number of alkyl halides is 2. The summed E-state index contributed by atoms with van der Waals surface area (Å²) in [4.78, 5) is 15.6. The summed E-state index contributed by atoms with van der Waals surface area (Å²) in [6.45, 7) is 2.52. The van der Waals surface area contributed by atoms with Crippen LogP contribution in [0.25, 0.3) is 16.9 Å². The minimum atomic E-state index is -2.74. The molecular weight excluding hydrogens is 416 g/mol. The lowest BCUT2D eigenvalue weighted by Crippen LogP contribution is -2.43. The molecular formula is C22H27F2N7O. The first-order valence-corrected chi connectivity index (χ1v) is 11.1. The van der Waals surface area contributed by atoms with Crippen LogP contribution in [0.4, 0.5) is 20.5 Å². The predicted molar refractivity (Wildman–Crippen MR) is 119 cm³/mol. The second-order valence-electron chi connectivity index (χ2n) is 8.30. The van der Waals surface area contributed by atoms with Gasteiger partial charge in [0.25, 0.3) is 6.43 Å². The average Bonchev–Trinajstić information content (AvgIpc) is 3.21. The summed E-state index contributed by atoms with van der Waals surface area (Å²) in [5.41, 5.74) is 7.40. The van der Waals surface area contributed by atoms with Crippen LogP contribution < -0.4 is 16.0 Å². The van der Waals surface area contributed by atoms with E-state index in [0.29, 0.717) is 54.9 Å². The second kappa shape index (κ2) is 8.95. The summed E-state index contributed by atoms with van der Waals surface area (Å²) in [6.07, 6.45) is 1.32. The van der Waals surface area contributed by atoms with Crippen molar-refractivity contribution in [2.24, 2.45) is 5.73 Å². The number of hydrogen-bond donors (Lipinski definition) is 2. The molecule has 1 aromatic carbocycles. The molecule has 0 spiro atoms. The van der Waals surface area contributed by atoms with Crippen LogP contribution in [0.1, 0.15) is 37.9 Å². The van der Waals surface area contributed by atoms with Gasteiger partial charge in [0.05, 0.1) is 24.2 Å². The molecule has 0 amide bonds. The number of morpholine rings is 1. The van der Waals surface area contributed by atoms with Crippen LogP contribution in [-0.4, -0.2) is 57.9 Å².